The number of halogens is 1. The highest BCUT2D eigenvalue weighted by Gasteiger charge is 2.05. The van der Waals surface area contributed by atoms with Gasteiger partial charge in [0.05, 0.1) is 18.0 Å². The molecule has 82 valence electrons. The summed E-state index contributed by atoms with van der Waals surface area (Å²) in [7, 11) is 0. The maximum atomic E-state index is 11.1. The number of pyridine rings is 1. The molecule has 0 atom stereocenters. The van der Waals surface area contributed by atoms with Crippen LogP contribution in [0.25, 0.3) is 0 Å². The average molecular weight is 275 g/mol. The number of aromatic nitrogens is 1. The van der Waals surface area contributed by atoms with Gasteiger partial charge in [-0.2, -0.15) is 0 Å². The van der Waals surface area contributed by atoms with Crippen LogP contribution in [0.1, 0.15) is 5.69 Å². The summed E-state index contributed by atoms with van der Waals surface area (Å²) >= 11 is 3.22. The van der Waals surface area contributed by atoms with Crippen molar-refractivity contribution in [2.24, 2.45) is 0 Å². The largest absolute Gasteiger partial charge is 0.447 e. The van der Waals surface area contributed by atoms with Gasteiger partial charge in [-0.05, 0) is 35.0 Å². The van der Waals surface area contributed by atoms with E-state index in [0.29, 0.717) is 16.0 Å². The highest BCUT2D eigenvalue weighted by Crippen LogP contribution is 2.16. The van der Waals surface area contributed by atoms with Crippen LogP contribution in [0.5, 0.6) is 0 Å². The summed E-state index contributed by atoms with van der Waals surface area (Å²) in [6, 6.07) is 3.43. The van der Waals surface area contributed by atoms with Crippen molar-refractivity contribution in [2.45, 2.75) is 6.92 Å². The quantitative estimate of drug-likeness (QED) is 0.823. The summed E-state index contributed by atoms with van der Waals surface area (Å²) in [5.74, 6) is 0. The van der Waals surface area contributed by atoms with Crippen LogP contribution in [0, 0.1) is 6.92 Å². The van der Waals surface area contributed by atoms with E-state index in [-0.39, 0.29) is 13.2 Å². The molecule has 0 saturated heterocycles. The number of anilines is 1. The van der Waals surface area contributed by atoms with Crippen LogP contribution < -0.4 is 5.32 Å². The van der Waals surface area contributed by atoms with E-state index in [9.17, 15) is 4.79 Å². The summed E-state index contributed by atoms with van der Waals surface area (Å²) in [4.78, 5) is 15.2. The Morgan fingerprint density at radius 3 is 3.00 bits per heavy atom. The van der Waals surface area contributed by atoms with Gasteiger partial charge in [-0.15, -0.1) is 0 Å². The molecular weight excluding hydrogens is 264 g/mol. The first-order valence-electron chi connectivity index (χ1n) is 4.31. The SMILES string of the molecule is Cc1nc(Br)ccc1NC(=O)OCCO. The lowest BCUT2D eigenvalue weighted by Crippen LogP contribution is -2.16. The van der Waals surface area contributed by atoms with Crippen molar-refractivity contribution in [3.05, 3.63) is 22.4 Å². The Kier molecular flexibility index (Phi) is 4.51. The van der Waals surface area contributed by atoms with E-state index in [1.807, 2.05) is 0 Å². The third-order valence-electron chi connectivity index (χ3n) is 1.61. The van der Waals surface area contributed by atoms with Crippen molar-refractivity contribution >= 4 is 27.7 Å². The van der Waals surface area contributed by atoms with Crippen molar-refractivity contribution in [1.82, 2.24) is 4.98 Å². The molecule has 1 heterocycles. The number of hydrogen-bond donors (Lipinski definition) is 2. The highest BCUT2D eigenvalue weighted by atomic mass is 79.9. The summed E-state index contributed by atoms with van der Waals surface area (Å²) in [5.41, 5.74) is 1.27. The first-order valence-corrected chi connectivity index (χ1v) is 5.10. The molecule has 1 amide bonds. The zero-order chi connectivity index (χ0) is 11.3. The van der Waals surface area contributed by atoms with Crippen LogP contribution in [0.3, 0.4) is 0 Å². The Bertz CT molecular complexity index is 357. The standard InChI is InChI=1S/C9H11BrN2O3/c1-6-7(2-3-8(10)11-6)12-9(14)15-5-4-13/h2-3,13H,4-5H2,1H3,(H,12,14). The minimum atomic E-state index is -0.601. The van der Waals surface area contributed by atoms with E-state index >= 15 is 0 Å². The van der Waals surface area contributed by atoms with Gasteiger partial charge in [-0.1, -0.05) is 0 Å². The fraction of sp³-hybridized carbons (Fsp3) is 0.333. The zero-order valence-electron chi connectivity index (χ0n) is 8.16. The third-order valence-corrected chi connectivity index (χ3v) is 2.05. The van der Waals surface area contributed by atoms with E-state index in [0.717, 1.165) is 0 Å². The van der Waals surface area contributed by atoms with Crippen LogP contribution in [0.2, 0.25) is 0 Å². The lowest BCUT2D eigenvalue weighted by Gasteiger charge is -2.07. The first kappa shape index (κ1) is 11.9. The smallest absolute Gasteiger partial charge is 0.411 e. The molecule has 2 N–H and O–H groups in total. The van der Waals surface area contributed by atoms with Gasteiger partial charge in [0.1, 0.15) is 11.2 Å². The van der Waals surface area contributed by atoms with E-state index < -0.39 is 6.09 Å². The van der Waals surface area contributed by atoms with Gasteiger partial charge in [0.25, 0.3) is 0 Å². The number of rotatable bonds is 3. The number of nitrogens with one attached hydrogen (secondary N) is 1. The molecule has 0 aromatic carbocycles. The van der Waals surface area contributed by atoms with E-state index in [1.54, 1.807) is 19.1 Å². The average Bonchev–Trinajstić information content (AvgIpc) is 2.19. The van der Waals surface area contributed by atoms with Crippen LogP contribution in [0.15, 0.2) is 16.7 Å². The number of hydrogen-bond acceptors (Lipinski definition) is 4. The van der Waals surface area contributed by atoms with Crippen LogP contribution >= 0.6 is 15.9 Å². The molecule has 1 aromatic heterocycles. The Morgan fingerprint density at radius 2 is 2.40 bits per heavy atom. The maximum absolute atomic E-state index is 11.1. The molecule has 0 radical (unpaired) electrons. The van der Waals surface area contributed by atoms with Gasteiger partial charge in [0, 0.05) is 0 Å². The number of nitrogens with zero attached hydrogens (tertiary/aromatic N) is 1. The number of ether oxygens (including phenoxy) is 1. The third kappa shape index (κ3) is 3.85. The Balaban J connectivity index is 2.60. The molecule has 0 fully saturated rings. The second-order valence-electron chi connectivity index (χ2n) is 2.75. The second-order valence-corrected chi connectivity index (χ2v) is 3.56. The monoisotopic (exact) mass is 274 g/mol. The predicted octanol–water partition coefficient (Wildman–Crippen LogP) is 1.69. The Morgan fingerprint density at radius 1 is 1.67 bits per heavy atom. The molecule has 0 aliphatic rings. The van der Waals surface area contributed by atoms with Gasteiger partial charge in [0.2, 0.25) is 0 Å². The molecule has 0 saturated carbocycles. The van der Waals surface area contributed by atoms with Gasteiger partial charge in [-0.3, -0.25) is 5.32 Å². The van der Waals surface area contributed by atoms with Crippen LogP contribution in [-0.2, 0) is 4.74 Å². The molecular formula is C9H11BrN2O3. The van der Waals surface area contributed by atoms with Gasteiger partial charge in [0.15, 0.2) is 0 Å². The Hall–Kier alpha value is -1.14. The minimum absolute atomic E-state index is 0.0190. The number of carbonyl (C=O) groups is 1. The highest BCUT2D eigenvalue weighted by molar-refractivity contribution is 9.10. The fourth-order valence-corrected chi connectivity index (χ4v) is 1.35. The number of aryl methyl sites for hydroxylation is 1. The summed E-state index contributed by atoms with van der Waals surface area (Å²) in [6.07, 6.45) is -0.601. The van der Waals surface area contributed by atoms with Crippen molar-refractivity contribution in [2.75, 3.05) is 18.5 Å². The molecule has 0 spiro atoms. The zero-order valence-corrected chi connectivity index (χ0v) is 9.74. The lowest BCUT2D eigenvalue weighted by atomic mass is 10.3. The molecule has 0 aliphatic heterocycles. The summed E-state index contributed by atoms with van der Waals surface area (Å²) in [6.45, 7) is 1.56. The topological polar surface area (TPSA) is 71.5 Å². The van der Waals surface area contributed by atoms with Gasteiger partial charge >= 0.3 is 6.09 Å². The predicted molar refractivity (Wildman–Crippen MR) is 58.7 cm³/mol. The molecule has 0 aliphatic carbocycles. The van der Waals surface area contributed by atoms with Crippen molar-refractivity contribution in [3.63, 3.8) is 0 Å². The van der Waals surface area contributed by atoms with Crippen molar-refractivity contribution in [1.29, 1.82) is 0 Å². The lowest BCUT2D eigenvalue weighted by molar-refractivity contribution is 0.131. The van der Waals surface area contributed by atoms with Gasteiger partial charge in [-0.25, -0.2) is 9.78 Å². The van der Waals surface area contributed by atoms with Crippen LogP contribution in [0.4, 0.5) is 10.5 Å². The fourth-order valence-electron chi connectivity index (χ4n) is 0.947. The van der Waals surface area contributed by atoms with Crippen LogP contribution in [-0.4, -0.2) is 29.4 Å². The summed E-state index contributed by atoms with van der Waals surface area (Å²) in [5, 5.41) is 11.0. The molecule has 0 unspecified atom stereocenters. The second kappa shape index (κ2) is 5.67. The number of amides is 1. The molecule has 1 rings (SSSR count). The Labute approximate surface area is 95.6 Å². The number of aliphatic hydroxyl groups is 1. The van der Waals surface area contributed by atoms with Crippen molar-refractivity contribution in [3.8, 4) is 0 Å². The first-order chi connectivity index (χ1) is 7.13. The molecule has 5 nitrogen and oxygen atoms in total. The molecule has 1 aromatic rings. The number of aliphatic hydroxyl groups excluding tert-OH is 1. The molecule has 15 heavy (non-hydrogen) atoms. The van der Waals surface area contributed by atoms with E-state index in [1.165, 1.54) is 0 Å². The summed E-state index contributed by atoms with van der Waals surface area (Å²) < 4.78 is 5.34. The minimum Gasteiger partial charge on any atom is -0.447 e. The maximum Gasteiger partial charge on any atom is 0.411 e. The number of carbonyl (C=O) groups excluding carboxylic acids is 1. The molecule has 0 bridgehead atoms. The normalized spacial score (nSPS) is 9.80. The van der Waals surface area contributed by atoms with E-state index in [4.69, 9.17) is 5.11 Å². The molecule has 6 heteroatoms. The van der Waals surface area contributed by atoms with E-state index in [2.05, 4.69) is 31.0 Å². The van der Waals surface area contributed by atoms with Crippen molar-refractivity contribution < 1.29 is 14.6 Å². The van der Waals surface area contributed by atoms with Gasteiger partial charge < -0.3 is 9.84 Å².